The first-order chi connectivity index (χ1) is 22.1. The topological polar surface area (TPSA) is 116 Å². The third-order valence-electron chi connectivity index (χ3n) is 11.2. The molecule has 0 saturated heterocycles. The fourth-order valence-corrected chi connectivity index (χ4v) is 8.94. The quantitative estimate of drug-likeness (QED) is 0.210. The van der Waals surface area contributed by atoms with E-state index in [9.17, 15) is 19.5 Å². The zero-order valence-corrected chi connectivity index (χ0v) is 27.1. The SMILES string of the molecule is CC12CC(c3ccc(C=CCNC(=O)Nc4ccc(C(=O)O)cc4)cc3)C3=C4CCC(=O)C=C4CCC3C1CCC2(O)CCC=S. The number of allylic oxidation sites excluding steroid dienone is 4. The third-order valence-corrected chi connectivity index (χ3v) is 11.4. The maximum Gasteiger partial charge on any atom is 0.335 e. The monoisotopic (exact) mass is 638 g/mol. The molecule has 0 bridgehead atoms. The van der Waals surface area contributed by atoms with Crippen molar-refractivity contribution in [2.45, 2.75) is 76.2 Å². The number of hydrogen-bond acceptors (Lipinski definition) is 5. The van der Waals surface area contributed by atoms with Gasteiger partial charge in [-0.05, 0) is 121 Å². The van der Waals surface area contributed by atoms with E-state index in [4.69, 9.17) is 17.3 Å². The van der Waals surface area contributed by atoms with Gasteiger partial charge in [0.15, 0.2) is 5.78 Å². The molecule has 0 heterocycles. The van der Waals surface area contributed by atoms with Crippen LogP contribution in [0.2, 0.25) is 0 Å². The number of aliphatic hydroxyl groups is 1. The predicted octanol–water partition coefficient (Wildman–Crippen LogP) is 7.63. The van der Waals surface area contributed by atoms with Crippen molar-refractivity contribution in [2.75, 3.05) is 11.9 Å². The molecule has 4 aliphatic rings. The van der Waals surface area contributed by atoms with Crippen LogP contribution in [0.15, 0.2) is 77.4 Å². The molecule has 4 aliphatic carbocycles. The number of carbonyl (C=O) groups is 3. The van der Waals surface area contributed by atoms with Gasteiger partial charge in [-0.2, -0.15) is 0 Å². The number of nitrogens with one attached hydrogen (secondary N) is 2. The Morgan fingerprint density at radius 3 is 2.52 bits per heavy atom. The Hall–Kier alpha value is -3.88. The Balaban J connectivity index is 1.19. The first-order valence-electron chi connectivity index (χ1n) is 16.4. The van der Waals surface area contributed by atoms with Gasteiger partial charge in [-0.15, -0.1) is 0 Å². The molecule has 0 aliphatic heterocycles. The van der Waals surface area contributed by atoms with Crippen LogP contribution in [-0.2, 0) is 4.79 Å². The summed E-state index contributed by atoms with van der Waals surface area (Å²) in [4.78, 5) is 35.6. The molecule has 2 amide bonds. The molecule has 5 atom stereocenters. The number of fused-ring (bicyclic) bond motifs is 4. The largest absolute Gasteiger partial charge is 0.478 e. The van der Waals surface area contributed by atoms with Gasteiger partial charge in [-0.25, -0.2) is 9.59 Å². The van der Waals surface area contributed by atoms with Gasteiger partial charge in [-0.3, -0.25) is 4.79 Å². The normalized spacial score (nSPS) is 28.6. The first-order valence-corrected chi connectivity index (χ1v) is 16.9. The van der Waals surface area contributed by atoms with Gasteiger partial charge in [0.05, 0.1) is 11.2 Å². The van der Waals surface area contributed by atoms with Gasteiger partial charge >= 0.3 is 12.0 Å². The third kappa shape index (κ3) is 6.13. The van der Waals surface area contributed by atoms with Crippen LogP contribution >= 0.6 is 12.2 Å². The van der Waals surface area contributed by atoms with Crippen LogP contribution in [0, 0.1) is 17.3 Å². The van der Waals surface area contributed by atoms with E-state index in [2.05, 4.69) is 41.8 Å². The van der Waals surface area contributed by atoms with Crippen molar-refractivity contribution >= 4 is 47.1 Å². The number of rotatable bonds is 9. The molecule has 5 unspecified atom stereocenters. The van der Waals surface area contributed by atoms with Crippen molar-refractivity contribution in [3.8, 4) is 0 Å². The average Bonchev–Trinajstić information content (AvgIpc) is 3.31. The van der Waals surface area contributed by atoms with Gasteiger partial charge in [0, 0.05) is 30.0 Å². The van der Waals surface area contributed by atoms with Crippen molar-refractivity contribution in [1.82, 2.24) is 5.32 Å². The zero-order chi connectivity index (χ0) is 32.5. The highest BCUT2D eigenvalue weighted by molar-refractivity contribution is 7.78. The highest BCUT2D eigenvalue weighted by Crippen LogP contribution is 2.67. The second-order valence-electron chi connectivity index (χ2n) is 13.6. The summed E-state index contributed by atoms with van der Waals surface area (Å²) in [7, 11) is 0. The Bertz CT molecular complexity index is 1630. The van der Waals surface area contributed by atoms with Crippen molar-refractivity contribution < 1.29 is 24.6 Å². The van der Waals surface area contributed by atoms with Crippen LogP contribution in [-0.4, -0.2) is 45.5 Å². The van der Waals surface area contributed by atoms with Crippen molar-refractivity contribution in [2.24, 2.45) is 17.3 Å². The number of aromatic carboxylic acids is 1. The Kier molecular flexibility index (Phi) is 9.12. The Morgan fingerprint density at radius 2 is 1.80 bits per heavy atom. The van der Waals surface area contributed by atoms with Gasteiger partial charge in [0.2, 0.25) is 0 Å². The van der Waals surface area contributed by atoms with E-state index in [1.165, 1.54) is 34.4 Å². The number of thiocarbonyl (C=S) groups is 1. The van der Waals surface area contributed by atoms with Gasteiger partial charge in [0.25, 0.3) is 0 Å². The number of carboxylic acid groups (broad SMARTS) is 1. The number of benzene rings is 2. The van der Waals surface area contributed by atoms with Gasteiger partial charge in [-0.1, -0.05) is 61.1 Å². The molecule has 7 nitrogen and oxygen atoms in total. The number of amides is 2. The van der Waals surface area contributed by atoms with Crippen LogP contribution in [0.5, 0.6) is 0 Å². The lowest BCUT2D eigenvalue weighted by atomic mass is 9.51. The zero-order valence-electron chi connectivity index (χ0n) is 26.3. The summed E-state index contributed by atoms with van der Waals surface area (Å²) in [5.41, 5.74) is 6.16. The van der Waals surface area contributed by atoms with Crippen LogP contribution in [0.4, 0.5) is 10.5 Å². The highest BCUT2D eigenvalue weighted by atomic mass is 32.1. The molecule has 2 fully saturated rings. The molecule has 240 valence electrons. The summed E-state index contributed by atoms with van der Waals surface area (Å²) in [6, 6.07) is 14.3. The second kappa shape index (κ2) is 13.1. The highest BCUT2D eigenvalue weighted by Gasteiger charge is 2.62. The van der Waals surface area contributed by atoms with Crippen molar-refractivity contribution in [3.63, 3.8) is 0 Å². The first kappa shape index (κ1) is 32.1. The smallest absolute Gasteiger partial charge is 0.335 e. The van der Waals surface area contributed by atoms with Crippen LogP contribution in [0.25, 0.3) is 6.08 Å². The van der Waals surface area contributed by atoms with Gasteiger partial charge < -0.3 is 20.8 Å². The Labute approximate surface area is 275 Å². The van der Waals surface area contributed by atoms with E-state index in [-0.39, 0.29) is 28.7 Å². The fraction of sp³-hybridized carbons (Fsp3) is 0.421. The molecule has 2 saturated carbocycles. The summed E-state index contributed by atoms with van der Waals surface area (Å²) in [5, 5.41) is 28.4. The van der Waals surface area contributed by atoms with E-state index < -0.39 is 11.6 Å². The molecule has 2 aromatic carbocycles. The van der Waals surface area contributed by atoms with E-state index in [0.717, 1.165) is 50.5 Å². The minimum Gasteiger partial charge on any atom is -0.478 e. The van der Waals surface area contributed by atoms with E-state index in [1.54, 1.807) is 17.5 Å². The summed E-state index contributed by atoms with van der Waals surface area (Å²) < 4.78 is 0. The molecule has 6 rings (SSSR count). The number of anilines is 1. The summed E-state index contributed by atoms with van der Waals surface area (Å²) in [6.45, 7) is 2.65. The molecule has 8 heteroatoms. The number of urea groups is 1. The van der Waals surface area contributed by atoms with E-state index in [0.29, 0.717) is 36.9 Å². The lowest BCUT2D eigenvalue weighted by Crippen LogP contribution is -2.51. The number of carbonyl (C=O) groups excluding carboxylic acids is 2. The van der Waals surface area contributed by atoms with Gasteiger partial charge in [0.1, 0.15) is 0 Å². The van der Waals surface area contributed by atoms with Crippen molar-refractivity contribution in [1.29, 1.82) is 0 Å². The van der Waals surface area contributed by atoms with Crippen LogP contribution < -0.4 is 10.6 Å². The standard InChI is InChI=1S/C38H42N2O5S/c1-37-23-32(25-7-5-24(6-8-25)4-2-20-39-36(44)40-28-12-9-26(10-13-28)35(42)43)34-30-16-14-29(41)22-27(30)11-15-31(34)33(37)17-19-38(37,45)18-3-21-46/h2,4-10,12-13,21-22,31-33,45H,3,11,14-20,23H2,1H3,(H,42,43)(H2,39,40,44). The number of ketones is 1. The minimum absolute atomic E-state index is 0.159. The Morgan fingerprint density at radius 1 is 1.04 bits per heavy atom. The molecule has 46 heavy (non-hydrogen) atoms. The summed E-state index contributed by atoms with van der Waals surface area (Å²) >= 11 is 5.16. The molecule has 0 radical (unpaired) electrons. The second-order valence-corrected chi connectivity index (χ2v) is 13.9. The van der Waals surface area contributed by atoms with Crippen LogP contribution in [0.3, 0.4) is 0 Å². The van der Waals surface area contributed by atoms with Crippen molar-refractivity contribution in [3.05, 3.63) is 94.1 Å². The number of carboxylic acids is 1. The molecular formula is C38H42N2O5S. The maximum atomic E-state index is 12.4. The average molecular weight is 639 g/mol. The maximum absolute atomic E-state index is 12.4. The molecular weight excluding hydrogens is 596 g/mol. The predicted molar refractivity (Wildman–Crippen MR) is 184 cm³/mol. The fourth-order valence-electron chi connectivity index (χ4n) is 8.82. The van der Waals surface area contributed by atoms with E-state index in [1.807, 2.05) is 18.2 Å². The summed E-state index contributed by atoms with van der Waals surface area (Å²) in [5.74, 6) is 0.249. The minimum atomic E-state index is -1.02. The molecule has 2 aromatic rings. The molecule has 4 N–H and O–H groups in total. The van der Waals surface area contributed by atoms with Crippen LogP contribution in [0.1, 0.15) is 92.1 Å². The lowest BCUT2D eigenvalue weighted by Gasteiger charge is -2.55. The lowest BCUT2D eigenvalue weighted by molar-refractivity contribution is -0.114. The molecule has 0 spiro atoms. The molecule has 0 aromatic heterocycles. The number of hydrogen-bond donors (Lipinski definition) is 4. The van der Waals surface area contributed by atoms with E-state index >= 15 is 0 Å². The summed E-state index contributed by atoms with van der Waals surface area (Å²) in [6.07, 6.45) is 13.3.